The summed E-state index contributed by atoms with van der Waals surface area (Å²) in [5.41, 5.74) is 1.29. The van der Waals surface area contributed by atoms with Crippen LogP contribution in [0.15, 0.2) is 41.8 Å². The van der Waals surface area contributed by atoms with E-state index in [4.69, 9.17) is 0 Å². The number of anilines is 2. The number of benzene rings is 1. The fourth-order valence-corrected chi connectivity index (χ4v) is 3.03. The molecule has 27 heavy (non-hydrogen) atoms. The largest absolute Gasteiger partial charge is 0.355 e. The third-order valence-corrected chi connectivity index (χ3v) is 4.28. The van der Waals surface area contributed by atoms with E-state index in [9.17, 15) is 14.4 Å². The van der Waals surface area contributed by atoms with Crippen LogP contribution in [0.5, 0.6) is 0 Å². The zero-order chi connectivity index (χ0) is 19.6. The van der Waals surface area contributed by atoms with Crippen molar-refractivity contribution in [2.45, 2.75) is 20.3 Å². The van der Waals surface area contributed by atoms with Crippen molar-refractivity contribution in [2.24, 2.45) is 0 Å². The molecule has 0 aliphatic rings. The van der Waals surface area contributed by atoms with Crippen molar-refractivity contribution in [1.29, 1.82) is 0 Å². The van der Waals surface area contributed by atoms with E-state index in [1.165, 1.54) is 29.2 Å². The number of aromatic nitrogens is 1. The molecule has 0 radical (unpaired) electrons. The molecular formula is C19H22N4O3S. The number of nitrogens with one attached hydrogen (secondary N) is 2. The summed E-state index contributed by atoms with van der Waals surface area (Å²) in [7, 11) is 0. The topological polar surface area (TPSA) is 91.4 Å². The normalized spacial score (nSPS) is 10.6. The monoisotopic (exact) mass is 386 g/mol. The molecule has 0 spiro atoms. The van der Waals surface area contributed by atoms with E-state index >= 15 is 0 Å². The number of rotatable bonds is 8. The minimum absolute atomic E-state index is 0.0718. The Morgan fingerprint density at radius 1 is 1.19 bits per heavy atom. The number of thiazole rings is 1. The molecule has 1 aromatic carbocycles. The smallest absolute Gasteiger partial charge is 0.244 e. The summed E-state index contributed by atoms with van der Waals surface area (Å²) in [5, 5.41) is 7.46. The highest BCUT2D eigenvalue weighted by Crippen LogP contribution is 2.28. The molecule has 3 amide bonds. The summed E-state index contributed by atoms with van der Waals surface area (Å²) >= 11 is 1.31. The maximum atomic E-state index is 12.0. The van der Waals surface area contributed by atoms with Gasteiger partial charge in [-0.25, -0.2) is 4.98 Å². The second-order valence-corrected chi connectivity index (χ2v) is 6.48. The molecular weight excluding hydrogens is 364 g/mol. The fourth-order valence-electron chi connectivity index (χ4n) is 2.17. The Labute approximate surface area is 162 Å². The minimum Gasteiger partial charge on any atom is -0.355 e. The van der Waals surface area contributed by atoms with Gasteiger partial charge >= 0.3 is 0 Å². The molecule has 0 atom stereocenters. The fraction of sp³-hybridized carbons (Fsp3) is 0.263. The third-order valence-electron chi connectivity index (χ3n) is 3.43. The predicted octanol–water partition coefficient (Wildman–Crippen LogP) is 2.48. The second kappa shape index (κ2) is 10.2. The highest BCUT2D eigenvalue weighted by molar-refractivity contribution is 7.14. The van der Waals surface area contributed by atoms with Crippen molar-refractivity contribution in [3.8, 4) is 0 Å². The number of carbonyl (C=O) groups is 3. The van der Waals surface area contributed by atoms with Crippen LogP contribution in [0.1, 0.15) is 26.0 Å². The Bertz CT molecular complexity index is 817. The van der Waals surface area contributed by atoms with E-state index in [2.05, 4.69) is 15.6 Å². The van der Waals surface area contributed by atoms with Crippen molar-refractivity contribution in [1.82, 2.24) is 15.6 Å². The number of para-hydroxylation sites is 1. The summed E-state index contributed by atoms with van der Waals surface area (Å²) in [6.07, 6.45) is 3.70. The molecule has 1 aromatic heterocycles. The zero-order valence-electron chi connectivity index (χ0n) is 15.3. The van der Waals surface area contributed by atoms with Crippen LogP contribution in [-0.2, 0) is 14.4 Å². The van der Waals surface area contributed by atoms with Gasteiger partial charge < -0.3 is 10.6 Å². The van der Waals surface area contributed by atoms with Gasteiger partial charge in [-0.1, -0.05) is 25.1 Å². The first-order valence-electron chi connectivity index (χ1n) is 8.55. The molecule has 142 valence electrons. The van der Waals surface area contributed by atoms with Gasteiger partial charge in [0.1, 0.15) is 0 Å². The first-order chi connectivity index (χ1) is 13.0. The highest BCUT2D eigenvalue weighted by atomic mass is 32.1. The lowest BCUT2D eigenvalue weighted by atomic mass is 10.3. The first-order valence-corrected chi connectivity index (χ1v) is 9.43. The molecule has 0 aliphatic heterocycles. The molecule has 0 fully saturated rings. The molecule has 0 saturated heterocycles. The predicted molar refractivity (Wildman–Crippen MR) is 107 cm³/mol. The molecule has 0 saturated carbocycles. The Hall–Kier alpha value is -3.00. The van der Waals surface area contributed by atoms with Crippen molar-refractivity contribution in [2.75, 3.05) is 18.0 Å². The van der Waals surface area contributed by atoms with E-state index in [1.807, 2.05) is 37.3 Å². The lowest BCUT2D eigenvalue weighted by Crippen LogP contribution is -2.36. The van der Waals surface area contributed by atoms with Crippen LogP contribution >= 0.6 is 11.3 Å². The van der Waals surface area contributed by atoms with Gasteiger partial charge in [-0.15, -0.1) is 11.3 Å². The molecule has 1 heterocycles. The van der Waals surface area contributed by atoms with Gasteiger partial charge in [-0.3, -0.25) is 19.3 Å². The van der Waals surface area contributed by atoms with Crippen LogP contribution in [0.4, 0.5) is 10.8 Å². The summed E-state index contributed by atoms with van der Waals surface area (Å²) < 4.78 is 0. The molecule has 0 aliphatic carbocycles. The van der Waals surface area contributed by atoms with Crippen molar-refractivity contribution in [3.05, 3.63) is 47.5 Å². The second-order valence-electron chi connectivity index (χ2n) is 5.65. The molecule has 7 nitrogen and oxygen atoms in total. The van der Waals surface area contributed by atoms with Crippen LogP contribution in [0.3, 0.4) is 0 Å². The van der Waals surface area contributed by atoms with E-state index in [0.29, 0.717) is 17.4 Å². The molecule has 0 bridgehead atoms. The van der Waals surface area contributed by atoms with Gasteiger partial charge in [0.25, 0.3) is 0 Å². The van der Waals surface area contributed by atoms with Gasteiger partial charge in [-0.05, 0) is 24.6 Å². The van der Waals surface area contributed by atoms with E-state index in [1.54, 1.807) is 11.5 Å². The third kappa shape index (κ3) is 6.34. The minimum atomic E-state index is -0.386. The van der Waals surface area contributed by atoms with Crippen LogP contribution < -0.4 is 15.5 Å². The lowest BCUT2D eigenvalue weighted by Gasteiger charge is -2.17. The summed E-state index contributed by atoms with van der Waals surface area (Å²) in [6.45, 7) is 3.94. The molecule has 8 heteroatoms. The Morgan fingerprint density at radius 3 is 2.59 bits per heavy atom. The summed E-state index contributed by atoms with van der Waals surface area (Å²) in [5.74, 6) is -0.765. The SMILES string of the molecule is CCCNC(=O)CNC(=O)/C=C/c1csc(N(C(C)=O)c2ccccc2)n1. The zero-order valence-corrected chi connectivity index (χ0v) is 16.1. The quantitative estimate of drug-likeness (QED) is 0.682. The van der Waals surface area contributed by atoms with Crippen molar-refractivity contribution in [3.63, 3.8) is 0 Å². The number of hydrogen-bond donors (Lipinski definition) is 2. The highest BCUT2D eigenvalue weighted by Gasteiger charge is 2.17. The Morgan fingerprint density at radius 2 is 1.93 bits per heavy atom. The molecule has 2 aromatic rings. The number of carbonyl (C=O) groups excluding carboxylic acids is 3. The van der Waals surface area contributed by atoms with Crippen LogP contribution in [-0.4, -0.2) is 35.8 Å². The molecule has 2 N–H and O–H groups in total. The van der Waals surface area contributed by atoms with Crippen LogP contribution in [0.25, 0.3) is 6.08 Å². The average Bonchev–Trinajstić information content (AvgIpc) is 3.12. The van der Waals surface area contributed by atoms with E-state index in [0.717, 1.165) is 12.1 Å². The maximum Gasteiger partial charge on any atom is 0.244 e. The van der Waals surface area contributed by atoms with Crippen LogP contribution in [0, 0.1) is 0 Å². The number of nitrogens with zero attached hydrogens (tertiary/aromatic N) is 2. The first kappa shape index (κ1) is 20.3. The van der Waals surface area contributed by atoms with Crippen molar-refractivity contribution >= 4 is 46.0 Å². The summed E-state index contributed by atoms with van der Waals surface area (Å²) in [4.78, 5) is 41.2. The van der Waals surface area contributed by atoms with Gasteiger partial charge in [0, 0.05) is 24.9 Å². The maximum absolute atomic E-state index is 12.0. The lowest BCUT2D eigenvalue weighted by molar-refractivity contribution is -0.123. The van der Waals surface area contributed by atoms with Gasteiger partial charge in [0.15, 0.2) is 5.13 Å². The molecule has 2 rings (SSSR count). The Kier molecular flexibility index (Phi) is 7.69. The standard InChI is InChI=1S/C19H22N4O3S/c1-3-11-20-18(26)12-21-17(25)10-9-15-13-27-19(22-15)23(14(2)24)16-7-5-4-6-8-16/h4-10,13H,3,11-12H2,1-2H3,(H,20,26)(H,21,25)/b10-9+. The van der Waals surface area contributed by atoms with Crippen LogP contribution in [0.2, 0.25) is 0 Å². The van der Waals surface area contributed by atoms with Crippen molar-refractivity contribution < 1.29 is 14.4 Å². The molecule has 0 unspecified atom stereocenters. The van der Waals surface area contributed by atoms with Gasteiger partial charge in [0.05, 0.1) is 17.9 Å². The van der Waals surface area contributed by atoms with Gasteiger partial charge in [-0.2, -0.15) is 0 Å². The average molecular weight is 386 g/mol. The van der Waals surface area contributed by atoms with E-state index in [-0.39, 0.29) is 24.3 Å². The summed E-state index contributed by atoms with van der Waals surface area (Å²) in [6, 6.07) is 9.23. The number of hydrogen-bond acceptors (Lipinski definition) is 5. The van der Waals surface area contributed by atoms with Gasteiger partial charge in [0.2, 0.25) is 17.7 Å². The Balaban J connectivity index is 1.98. The van der Waals surface area contributed by atoms with E-state index < -0.39 is 0 Å². The number of amides is 3.